The molecular formula is C11H14F2O4S. The highest BCUT2D eigenvalue weighted by Gasteiger charge is 2.14. The van der Waals surface area contributed by atoms with Gasteiger partial charge < -0.3 is 4.74 Å². The smallest absolute Gasteiger partial charge is 0.297 e. The van der Waals surface area contributed by atoms with Gasteiger partial charge in [0.25, 0.3) is 16.5 Å². The average molecular weight is 280 g/mol. The Kier molecular flexibility index (Phi) is 5.64. The molecule has 0 heterocycles. The van der Waals surface area contributed by atoms with Crippen molar-refractivity contribution in [2.24, 2.45) is 0 Å². The van der Waals surface area contributed by atoms with Crippen LogP contribution < -0.4 is 0 Å². The zero-order valence-electron chi connectivity index (χ0n) is 9.81. The van der Waals surface area contributed by atoms with E-state index < -0.39 is 23.2 Å². The van der Waals surface area contributed by atoms with E-state index in [2.05, 4.69) is 8.92 Å². The molecule has 0 N–H and O–H groups in total. The second-order valence-corrected chi connectivity index (χ2v) is 5.17. The zero-order valence-corrected chi connectivity index (χ0v) is 10.6. The van der Waals surface area contributed by atoms with Gasteiger partial charge in [-0.2, -0.15) is 8.42 Å². The van der Waals surface area contributed by atoms with Crippen molar-refractivity contribution in [1.29, 1.82) is 0 Å². The molecule has 4 nitrogen and oxygen atoms in total. The Morgan fingerprint density at radius 1 is 1.17 bits per heavy atom. The Morgan fingerprint density at radius 3 is 2.33 bits per heavy atom. The summed E-state index contributed by atoms with van der Waals surface area (Å²) >= 11 is 0. The van der Waals surface area contributed by atoms with Crippen molar-refractivity contribution in [2.45, 2.75) is 18.2 Å². The molecular weight excluding hydrogens is 266 g/mol. The number of ether oxygens (including phenoxy) is 1. The molecule has 1 aromatic carbocycles. The van der Waals surface area contributed by atoms with Gasteiger partial charge in [-0.25, -0.2) is 8.78 Å². The van der Waals surface area contributed by atoms with Crippen LogP contribution in [0.1, 0.15) is 5.56 Å². The van der Waals surface area contributed by atoms with E-state index in [1.54, 1.807) is 12.1 Å². The Balaban J connectivity index is 2.43. The zero-order chi connectivity index (χ0) is 13.6. The van der Waals surface area contributed by atoms with Crippen LogP contribution in [0.2, 0.25) is 0 Å². The highest BCUT2D eigenvalue weighted by molar-refractivity contribution is 7.86. The van der Waals surface area contributed by atoms with Crippen LogP contribution in [-0.4, -0.2) is 34.7 Å². The first-order valence-electron chi connectivity index (χ1n) is 5.24. The van der Waals surface area contributed by atoms with Crippen LogP contribution in [0.25, 0.3) is 0 Å². The molecule has 1 aromatic rings. The van der Waals surface area contributed by atoms with Gasteiger partial charge in [0.15, 0.2) is 0 Å². The molecule has 0 amide bonds. The Morgan fingerprint density at radius 2 is 1.78 bits per heavy atom. The second-order valence-electron chi connectivity index (χ2n) is 3.56. The van der Waals surface area contributed by atoms with Crippen LogP contribution in [0, 0.1) is 6.92 Å². The van der Waals surface area contributed by atoms with E-state index in [4.69, 9.17) is 0 Å². The summed E-state index contributed by atoms with van der Waals surface area (Å²) in [6, 6.07) is 6.13. The van der Waals surface area contributed by atoms with E-state index in [1.165, 1.54) is 12.1 Å². The number of hydrogen-bond donors (Lipinski definition) is 0. The van der Waals surface area contributed by atoms with Crippen LogP contribution in [0.5, 0.6) is 0 Å². The van der Waals surface area contributed by atoms with E-state index in [9.17, 15) is 17.2 Å². The quantitative estimate of drug-likeness (QED) is 0.566. The van der Waals surface area contributed by atoms with Crippen molar-refractivity contribution in [3.05, 3.63) is 29.8 Å². The fourth-order valence-corrected chi connectivity index (χ4v) is 2.04. The van der Waals surface area contributed by atoms with Gasteiger partial charge >= 0.3 is 0 Å². The fraction of sp³-hybridized carbons (Fsp3) is 0.455. The molecule has 1 rings (SSSR count). The number of benzene rings is 1. The predicted molar refractivity (Wildman–Crippen MR) is 61.1 cm³/mol. The largest absolute Gasteiger partial charge is 0.373 e. The van der Waals surface area contributed by atoms with Gasteiger partial charge in [-0.05, 0) is 19.1 Å². The summed E-state index contributed by atoms with van der Waals surface area (Å²) < 4.78 is 55.8. The molecule has 18 heavy (non-hydrogen) atoms. The topological polar surface area (TPSA) is 52.6 Å². The molecule has 0 fully saturated rings. The summed E-state index contributed by atoms with van der Waals surface area (Å²) in [5.41, 5.74) is 0.925. The van der Waals surface area contributed by atoms with E-state index in [0.29, 0.717) is 0 Å². The number of halogens is 2. The SMILES string of the molecule is Cc1ccc(S(=O)(=O)OCCOCC(F)F)cc1. The molecule has 0 unspecified atom stereocenters. The van der Waals surface area contributed by atoms with Gasteiger partial charge in [0.1, 0.15) is 6.61 Å². The minimum atomic E-state index is -3.85. The van der Waals surface area contributed by atoms with Gasteiger partial charge in [0.2, 0.25) is 0 Å². The summed E-state index contributed by atoms with van der Waals surface area (Å²) in [6.07, 6.45) is -2.57. The van der Waals surface area contributed by atoms with Gasteiger partial charge in [0.05, 0.1) is 18.1 Å². The Bertz CT molecular complexity index is 456. The molecule has 0 bridgehead atoms. The van der Waals surface area contributed by atoms with E-state index in [1.807, 2.05) is 6.92 Å². The third-order valence-electron chi connectivity index (χ3n) is 2.02. The summed E-state index contributed by atoms with van der Waals surface area (Å²) in [5.74, 6) is 0. The first-order chi connectivity index (χ1) is 8.42. The number of alkyl halides is 2. The molecule has 0 radical (unpaired) electrons. The van der Waals surface area contributed by atoms with E-state index >= 15 is 0 Å². The molecule has 0 aliphatic carbocycles. The van der Waals surface area contributed by atoms with Crippen LogP contribution in [0.15, 0.2) is 29.2 Å². The molecule has 0 aliphatic rings. The summed E-state index contributed by atoms with van der Waals surface area (Å²) in [4.78, 5) is 0.0296. The standard InChI is InChI=1S/C11H14F2O4S/c1-9-2-4-10(5-3-9)18(14,15)17-7-6-16-8-11(12)13/h2-5,11H,6-8H2,1H3. The fourth-order valence-electron chi connectivity index (χ4n) is 1.15. The van der Waals surface area contributed by atoms with Crippen molar-refractivity contribution in [1.82, 2.24) is 0 Å². The normalized spacial score (nSPS) is 12.0. The van der Waals surface area contributed by atoms with Crippen LogP contribution in [-0.2, 0) is 19.0 Å². The Labute approximate surface area is 105 Å². The summed E-state index contributed by atoms with van der Waals surface area (Å²) in [6.45, 7) is 0.613. The molecule has 0 aromatic heterocycles. The lowest BCUT2D eigenvalue weighted by molar-refractivity contribution is 0.00829. The number of rotatable bonds is 7. The predicted octanol–water partition coefficient (Wildman–Crippen LogP) is 1.98. The second kappa shape index (κ2) is 6.77. The third kappa shape index (κ3) is 5.07. The average Bonchev–Trinajstić information content (AvgIpc) is 2.28. The minimum absolute atomic E-state index is 0.0296. The van der Waals surface area contributed by atoms with Crippen molar-refractivity contribution in [3.63, 3.8) is 0 Å². The molecule has 0 aliphatic heterocycles. The van der Waals surface area contributed by atoms with Crippen molar-refractivity contribution < 1.29 is 26.1 Å². The van der Waals surface area contributed by atoms with Crippen molar-refractivity contribution >= 4 is 10.1 Å². The molecule has 0 saturated heterocycles. The first kappa shape index (κ1) is 15.0. The van der Waals surface area contributed by atoms with Gasteiger partial charge in [-0.3, -0.25) is 4.18 Å². The molecule has 0 spiro atoms. The summed E-state index contributed by atoms with van der Waals surface area (Å²) in [7, 11) is -3.85. The number of hydrogen-bond acceptors (Lipinski definition) is 4. The monoisotopic (exact) mass is 280 g/mol. The highest BCUT2D eigenvalue weighted by atomic mass is 32.2. The van der Waals surface area contributed by atoms with Crippen LogP contribution in [0.4, 0.5) is 8.78 Å². The lowest BCUT2D eigenvalue weighted by Crippen LogP contribution is -2.14. The first-order valence-corrected chi connectivity index (χ1v) is 6.64. The van der Waals surface area contributed by atoms with Crippen molar-refractivity contribution in [2.75, 3.05) is 19.8 Å². The summed E-state index contributed by atoms with van der Waals surface area (Å²) in [5, 5.41) is 0. The van der Waals surface area contributed by atoms with Crippen molar-refractivity contribution in [3.8, 4) is 0 Å². The molecule has 7 heteroatoms. The van der Waals surface area contributed by atoms with E-state index in [-0.39, 0.29) is 18.1 Å². The van der Waals surface area contributed by atoms with Gasteiger partial charge in [-0.15, -0.1) is 0 Å². The maximum atomic E-state index is 11.7. The lowest BCUT2D eigenvalue weighted by Gasteiger charge is -2.06. The molecule has 102 valence electrons. The van der Waals surface area contributed by atoms with Gasteiger partial charge in [0, 0.05) is 0 Å². The molecule has 0 atom stereocenters. The highest BCUT2D eigenvalue weighted by Crippen LogP contribution is 2.12. The maximum absolute atomic E-state index is 11.7. The van der Waals surface area contributed by atoms with Crippen LogP contribution in [0.3, 0.4) is 0 Å². The molecule has 0 saturated carbocycles. The van der Waals surface area contributed by atoms with Crippen LogP contribution >= 0.6 is 0 Å². The third-order valence-corrected chi connectivity index (χ3v) is 3.35. The lowest BCUT2D eigenvalue weighted by atomic mass is 10.2. The Hall–Kier alpha value is -1.05. The maximum Gasteiger partial charge on any atom is 0.297 e. The number of aryl methyl sites for hydroxylation is 1. The van der Waals surface area contributed by atoms with Gasteiger partial charge in [-0.1, -0.05) is 17.7 Å². The minimum Gasteiger partial charge on any atom is -0.373 e. The van der Waals surface area contributed by atoms with E-state index in [0.717, 1.165) is 5.56 Å².